The van der Waals surface area contributed by atoms with E-state index in [0.717, 1.165) is 0 Å². The van der Waals surface area contributed by atoms with Gasteiger partial charge in [0.1, 0.15) is 12.9 Å². The van der Waals surface area contributed by atoms with E-state index in [1.165, 1.54) is 0 Å². The second-order valence-electron chi connectivity index (χ2n) is 1.02. The van der Waals surface area contributed by atoms with Crippen LogP contribution in [-0.2, 0) is 4.79 Å². The van der Waals surface area contributed by atoms with Gasteiger partial charge < -0.3 is 20.1 Å². The number of aliphatic hydroxyl groups excluding tert-OH is 3. The summed E-state index contributed by atoms with van der Waals surface area (Å²) in [6.07, 6.45) is -0.954. The molecule has 3 N–H and O–H groups in total. The van der Waals surface area contributed by atoms with Crippen LogP contribution in [0.5, 0.6) is 0 Å². The SMILES string of the molecule is C=O.OCC(O)CO. The van der Waals surface area contributed by atoms with Gasteiger partial charge in [-0.15, -0.1) is 0 Å². The number of aliphatic hydroxyl groups is 3. The third-order valence-electron chi connectivity index (χ3n) is 0.421. The van der Waals surface area contributed by atoms with Crippen LogP contribution in [0, 0.1) is 0 Å². The summed E-state index contributed by atoms with van der Waals surface area (Å²) >= 11 is 0. The zero-order valence-corrected chi connectivity index (χ0v) is 4.45. The largest absolute Gasteiger partial charge is 0.394 e. The molecule has 0 unspecified atom stereocenters. The van der Waals surface area contributed by atoms with E-state index in [-0.39, 0.29) is 13.2 Å². The van der Waals surface area contributed by atoms with Crippen molar-refractivity contribution in [3.63, 3.8) is 0 Å². The third-order valence-corrected chi connectivity index (χ3v) is 0.421. The molecule has 0 aliphatic carbocycles. The van der Waals surface area contributed by atoms with Crippen molar-refractivity contribution >= 4 is 6.79 Å². The lowest BCUT2D eigenvalue weighted by molar-refractivity contribution is -0.0979. The molecule has 0 aromatic heterocycles. The Morgan fingerprint density at radius 3 is 1.50 bits per heavy atom. The van der Waals surface area contributed by atoms with E-state index in [0.29, 0.717) is 0 Å². The Bertz CT molecular complexity index is 35.0. The van der Waals surface area contributed by atoms with E-state index in [4.69, 9.17) is 20.1 Å². The summed E-state index contributed by atoms with van der Waals surface area (Å²) in [5.41, 5.74) is 0. The Morgan fingerprint density at radius 2 is 1.50 bits per heavy atom. The van der Waals surface area contributed by atoms with Gasteiger partial charge in [-0.1, -0.05) is 0 Å². The van der Waals surface area contributed by atoms with Gasteiger partial charge in [-0.05, 0) is 0 Å². The van der Waals surface area contributed by atoms with Gasteiger partial charge >= 0.3 is 0 Å². The lowest BCUT2D eigenvalue weighted by Crippen LogP contribution is -2.15. The molecule has 50 valence electrons. The summed E-state index contributed by atoms with van der Waals surface area (Å²) < 4.78 is 0. The highest BCUT2D eigenvalue weighted by atomic mass is 16.3. The average Bonchev–Trinajstić information content (AvgIpc) is 1.91. The van der Waals surface area contributed by atoms with Crippen LogP contribution in [0.4, 0.5) is 0 Å². The fourth-order valence-electron chi connectivity index (χ4n) is 0.0577. The molecule has 0 saturated carbocycles. The predicted molar refractivity (Wildman–Crippen MR) is 27.3 cm³/mol. The zero-order chi connectivity index (χ0) is 6.99. The molecule has 8 heavy (non-hydrogen) atoms. The molecule has 0 aliphatic rings. The van der Waals surface area contributed by atoms with Crippen LogP contribution in [0.25, 0.3) is 0 Å². The summed E-state index contributed by atoms with van der Waals surface area (Å²) in [6.45, 7) is 1.27. The van der Waals surface area contributed by atoms with Gasteiger partial charge in [-0.2, -0.15) is 0 Å². The molecule has 4 nitrogen and oxygen atoms in total. The summed E-state index contributed by atoms with van der Waals surface area (Å²) in [5, 5.41) is 24.0. The Hall–Kier alpha value is -0.450. The molecule has 0 amide bonds. The lowest BCUT2D eigenvalue weighted by Gasteiger charge is -1.96. The van der Waals surface area contributed by atoms with Crippen LogP contribution in [0.1, 0.15) is 0 Å². The normalized spacial score (nSPS) is 8.00. The molecule has 0 radical (unpaired) electrons. The number of hydrogen-bond acceptors (Lipinski definition) is 4. The first-order valence-electron chi connectivity index (χ1n) is 2.00. The maximum Gasteiger partial charge on any atom is 0.106 e. The molecule has 4 heteroatoms. The molecule has 0 atom stereocenters. The van der Waals surface area contributed by atoms with Crippen molar-refractivity contribution in [3.8, 4) is 0 Å². The van der Waals surface area contributed by atoms with Crippen molar-refractivity contribution in [1.29, 1.82) is 0 Å². The zero-order valence-electron chi connectivity index (χ0n) is 4.45. The number of carbonyl (C=O) groups is 1. The van der Waals surface area contributed by atoms with E-state index in [1.54, 1.807) is 0 Å². The Balaban J connectivity index is 0. The van der Waals surface area contributed by atoms with Crippen molar-refractivity contribution in [1.82, 2.24) is 0 Å². The van der Waals surface area contributed by atoms with Gasteiger partial charge in [0.25, 0.3) is 0 Å². The molecule has 0 fully saturated rings. The van der Waals surface area contributed by atoms with Gasteiger partial charge in [0.15, 0.2) is 0 Å². The molecular weight excluding hydrogens is 112 g/mol. The number of rotatable bonds is 2. The van der Waals surface area contributed by atoms with Crippen LogP contribution >= 0.6 is 0 Å². The fraction of sp³-hybridized carbons (Fsp3) is 0.750. The summed E-state index contributed by atoms with van der Waals surface area (Å²) in [6, 6.07) is 0. The van der Waals surface area contributed by atoms with E-state index in [1.807, 2.05) is 6.79 Å². The van der Waals surface area contributed by atoms with Crippen molar-refractivity contribution in [2.45, 2.75) is 6.10 Å². The highest BCUT2D eigenvalue weighted by Crippen LogP contribution is 1.71. The van der Waals surface area contributed by atoms with Gasteiger partial charge in [-0.3, -0.25) is 0 Å². The quantitative estimate of drug-likeness (QED) is 0.401. The van der Waals surface area contributed by atoms with Crippen molar-refractivity contribution in [2.24, 2.45) is 0 Å². The topological polar surface area (TPSA) is 77.8 Å². The Labute approximate surface area is 47.4 Å². The minimum absolute atomic E-state index is 0.365. The second kappa shape index (κ2) is 9.75. The first-order valence-corrected chi connectivity index (χ1v) is 2.00. The minimum atomic E-state index is -0.954. The highest BCUT2D eigenvalue weighted by molar-refractivity contribution is 5.10. The molecule has 0 saturated heterocycles. The molecule has 0 spiro atoms. The summed E-state index contributed by atoms with van der Waals surface area (Å²) in [4.78, 5) is 8.00. The Kier molecular flexibility index (Phi) is 12.8. The predicted octanol–water partition coefficient (Wildman–Crippen LogP) is -1.85. The van der Waals surface area contributed by atoms with Gasteiger partial charge in [-0.25, -0.2) is 0 Å². The standard InChI is InChI=1S/C3H8O3.CH2O/c4-1-3(6)2-5;1-2/h3-6H,1-2H2;1H2. The van der Waals surface area contributed by atoms with Crippen LogP contribution in [0.15, 0.2) is 0 Å². The first-order chi connectivity index (χ1) is 3.81. The van der Waals surface area contributed by atoms with E-state index in [9.17, 15) is 0 Å². The molecule has 0 aromatic carbocycles. The third kappa shape index (κ3) is 9.12. The monoisotopic (exact) mass is 122 g/mol. The van der Waals surface area contributed by atoms with Gasteiger partial charge in [0, 0.05) is 0 Å². The number of hydrogen-bond donors (Lipinski definition) is 3. The van der Waals surface area contributed by atoms with Crippen LogP contribution in [0.2, 0.25) is 0 Å². The van der Waals surface area contributed by atoms with E-state index in [2.05, 4.69) is 0 Å². The van der Waals surface area contributed by atoms with Crippen LogP contribution in [0.3, 0.4) is 0 Å². The van der Waals surface area contributed by atoms with Crippen molar-refractivity contribution < 1.29 is 20.1 Å². The van der Waals surface area contributed by atoms with E-state index < -0.39 is 6.10 Å². The Morgan fingerprint density at radius 1 is 1.25 bits per heavy atom. The van der Waals surface area contributed by atoms with Crippen molar-refractivity contribution in [2.75, 3.05) is 13.2 Å². The van der Waals surface area contributed by atoms with Crippen LogP contribution < -0.4 is 0 Å². The fourth-order valence-corrected chi connectivity index (χ4v) is 0.0577. The second-order valence-corrected chi connectivity index (χ2v) is 1.02. The molecule has 0 aliphatic heterocycles. The first kappa shape index (κ1) is 10.5. The maximum atomic E-state index is 8.17. The number of carbonyl (C=O) groups excluding carboxylic acids is 1. The van der Waals surface area contributed by atoms with Crippen LogP contribution in [-0.4, -0.2) is 41.4 Å². The average molecular weight is 122 g/mol. The molecular formula is C4H10O4. The minimum Gasteiger partial charge on any atom is -0.394 e. The molecule has 0 heterocycles. The molecule has 0 bridgehead atoms. The summed E-state index contributed by atoms with van der Waals surface area (Å²) in [7, 11) is 0. The molecule has 0 aromatic rings. The lowest BCUT2D eigenvalue weighted by atomic mass is 10.4. The van der Waals surface area contributed by atoms with Gasteiger partial charge in [0.05, 0.1) is 13.2 Å². The molecule has 0 rings (SSSR count). The van der Waals surface area contributed by atoms with E-state index >= 15 is 0 Å². The maximum absolute atomic E-state index is 8.17. The van der Waals surface area contributed by atoms with Gasteiger partial charge in [0.2, 0.25) is 0 Å². The van der Waals surface area contributed by atoms with Crippen molar-refractivity contribution in [3.05, 3.63) is 0 Å². The smallest absolute Gasteiger partial charge is 0.106 e. The summed E-state index contributed by atoms with van der Waals surface area (Å²) in [5.74, 6) is 0. The highest BCUT2D eigenvalue weighted by Gasteiger charge is 1.93.